The molecule has 3 heterocycles. The Balaban J connectivity index is 1.72. The highest BCUT2D eigenvalue weighted by Gasteiger charge is 2.59. The normalized spacial score (nSPS) is 44.1. The van der Waals surface area contributed by atoms with Crippen LogP contribution in [0.4, 0.5) is 0 Å². The van der Waals surface area contributed by atoms with Crippen molar-refractivity contribution in [2.24, 2.45) is 0 Å². The van der Waals surface area contributed by atoms with Crippen LogP contribution in [0.25, 0.3) is 0 Å². The smallest absolute Gasteiger partial charge is 0.187 e. The average Bonchev–Trinajstić information content (AvgIpc) is 2.98. The standard InChI is InChI=1S/C14H23ClO6/c1-13(2)17-7-8(19-13)9-10-11(21-14(3,4)20-10)12(18-9)16-6-5-15/h8-12H,5-7H2,1-4H3/t8-,9-,10+,11+,12?/m1/s1. The Kier molecular flexibility index (Phi) is 4.25. The van der Waals surface area contributed by atoms with E-state index in [2.05, 4.69) is 0 Å². The first-order valence-corrected chi connectivity index (χ1v) is 7.85. The molecule has 0 aliphatic carbocycles. The summed E-state index contributed by atoms with van der Waals surface area (Å²) in [6.07, 6.45) is -1.48. The van der Waals surface area contributed by atoms with Crippen LogP contribution < -0.4 is 0 Å². The zero-order chi connectivity index (χ0) is 15.3. The SMILES string of the molecule is CC1(C)O[C@H]2[C@@H]([C@H]3COC(C)(C)O3)OC(OCCCl)[C@H]2O1. The van der Waals surface area contributed by atoms with Gasteiger partial charge in [0, 0.05) is 5.88 Å². The highest BCUT2D eigenvalue weighted by atomic mass is 35.5. The predicted molar refractivity (Wildman–Crippen MR) is 74.1 cm³/mol. The van der Waals surface area contributed by atoms with Crippen LogP contribution in [-0.4, -0.2) is 61.4 Å². The third-order valence-electron chi connectivity index (χ3n) is 3.80. The molecule has 0 bridgehead atoms. The molecule has 3 rings (SSSR count). The van der Waals surface area contributed by atoms with Gasteiger partial charge in [0.15, 0.2) is 17.9 Å². The second-order valence-electron chi connectivity index (χ2n) is 6.46. The summed E-state index contributed by atoms with van der Waals surface area (Å²) in [5.41, 5.74) is 0. The number of ether oxygens (including phenoxy) is 6. The van der Waals surface area contributed by atoms with Crippen molar-refractivity contribution in [2.45, 2.75) is 70.0 Å². The lowest BCUT2D eigenvalue weighted by atomic mass is 10.1. The third-order valence-corrected chi connectivity index (χ3v) is 3.96. The molecule has 3 aliphatic heterocycles. The average molecular weight is 323 g/mol. The molecule has 0 N–H and O–H groups in total. The van der Waals surface area contributed by atoms with Gasteiger partial charge in [0.05, 0.1) is 13.2 Å². The molecule has 3 fully saturated rings. The van der Waals surface area contributed by atoms with Crippen molar-refractivity contribution < 1.29 is 28.4 Å². The first-order chi connectivity index (χ1) is 9.81. The van der Waals surface area contributed by atoms with E-state index < -0.39 is 17.9 Å². The molecule has 1 unspecified atom stereocenters. The summed E-state index contributed by atoms with van der Waals surface area (Å²) < 4.78 is 35.0. The number of halogens is 1. The lowest BCUT2D eigenvalue weighted by Crippen LogP contribution is -2.40. The molecule has 0 spiro atoms. The molecule has 6 nitrogen and oxygen atoms in total. The molecular formula is C14H23ClO6. The van der Waals surface area contributed by atoms with Crippen LogP contribution in [0.1, 0.15) is 27.7 Å². The minimum Gasteiger partial charge on any atom is -0.349 e. The second-order valence-corrected chi connectivity index (χ2v) is 6.84. The Morgan fingerprint density at radius 2 is 1.71 bits per heavy atom. The molecule has 0 aromatic carbocycles. The fourth-order valence-electron chi connectivity index (χ4n) is 3.06. The van der Waals surface area contributed by atoms with Crippen molar-refractivity contribution in [2.75, 3.05) is 19.1 Å². The van der Waals surface area contributed by atoms with Crippen molar-refractivity contribution in [3.63, 3.8) is 0 Å². The molecule has 0 aromatic rings. The summed E-state index contributed by atoms with van der Waals surface area (Å²) >= 11 is 5.68. The molecule has 0 aromatic heterocycles. The molecule has 0 amide bonds. The van der Waals surface area contributed by atoms with Crippen LogP contribution in [0.3, 0.4) is 0 Å². The van der Waals surface area contributed by atoms with E-state index in [0.29, 0.717) is 19.1 Å². The number of hydrogen-bond acceptors (Lipinski definition) is 6. The summed E-state index contributed by atoms with van der Waals surface area (Å²) in [4.78, 5) is 0. The van der Waals surface area contributed by atoms with Gasteiger partial charge in [0.1, 0.15) is 24.4 Å². The van der Waals surface area contributed by atoms with Gasteiger partial charge in [-0.05, 0) is 27.7 Å². The lowest BCUT2D eigenvalue weighted by molar-refractivity contribution is -0.246. The highest BCUT2D eigenvalue weighted by molar-refractivity contribution is 6.17. The van der Waals surface area contributed by atoms with Crippen LogP contribution in [-0.2, 0) is 28.4 Å². The minimum absolute atomic E-state index is 0.199. The van der Waals surface area contributed by atoms with E-state index in [1.807, 2.05) is 27.7 Å². The van der Waals surface area contributed by atoms with E-state index in [0.717, 1.165) is 0 Å². The van der Waals surface area contributed by atoms with Crippen molar-refractivity contribution in [1.29, 1.82) is 0 Å². The Bertz CT molecular complexity index is 388. The molecule has 3 saturated heterocycles. The van der Waals surface area contributed by atoms with Gasteiger partial charge >= 0.3 is 0 Å². The summed E-state index contributed by atoms with van der Waals surface area (Å²) in [5, 5.41) is 0. The minimum atomic E-state index is -0.658. The first kappa shape index (κ1) is 15.9. The fourth-order valence-corrected chi connectivity index (χ4v) is 3.15. The maximum Gasteiger partial charge on any atom is 0.187 e. The van der Waals surface area contributed by atoms with Gasteiger partial charge in [-0.25, -0.2) is 0 Å². The Morgan fingerprint density at radius 3 is 2.33 bits per heavy atom. The summed E-state index contributed by atoms with van der Waals surface area (Å²) in [6, 6.07) is 0. The molecule has 3 aliphatic rings. The topological polar surface area (TPSA) is 55.4 Å². The van der Waals surface area contributed by atoms with Crippen molar-refractivity contribution >= 4 is 11.6 Å². The molecule has 0 saturated carbocycles. The van der Waals surface area contributed by atoms with Gasteiger partial charge in [-0.1, -0.05) is 0 Å². The van der Waals surface area contributed by atoms with E-state index in [9.17, 15) is 0 Å². The fraction of sp³-hybridized carbons (Fsp3) is 1.00. The molecule has 5 atom stereocenters. The van der Waals surface area contributed by atoms with Crippen LogP contribution in [0.2, 0.25) is 0 Å². The molecule has 122 valence electrons. The van der Waals surface area contributed by atoms with Gasteiger partial charge in [-0.15, -0.1) is 11.6 Å². The number of hydrogen-bond donors (Lipinski definition) is 0. The van der Waals surface area contributed by atoms with Gasteiger partial charge < -0.3 is 28.4 Å². The Labute approximate surface area is 129 Å². The first-order valence-electron chi connectivity index (χ1n) is 7.32. The van der Waals surface area contributed by atoms with Crippen molar-refractivity contribution in [3.8, 4) is 0 Å². The second kappa shape index (κ2) is 5.60. The Hall–Kier alpha value is 0.0500. The van der Waals surface area contributed by atoms with Gasteiger partial charge in [-0.3, -0.25) is 0 Å². The molecule has 0 radical (unpaired) electrons. The summed E-state index contributed by atoms with van der Waals surface area (Å²) in [7, 11) is 0. The van der Waals surface area contributed by atoms with Gasteiger partial charge in [-0.2, -0.15) is 0 Å². The highest BCUT2D eigenvalue weighted by Crippen LogP contribution is 2.42. The predicted octanol–water partition coefficient (Wildman–Crippen LogP) is 1.64. The van der Waals surface area contributed by atoms with E-state index >= 15 is 0 Å². The summed E-state index contributed by atoms with van der Waals surface area (Å²) in [5.74, 6) is -0.856. The maximum absolute atomic E-state index is 5.98. The van der Waals surface area contributed by atoms with Crippen LogP contribution in [0.15, 0.2) is 0 Å². The van der Waals surface area contributed by atoms with E-state index in [-0.39, 0.29) is 24.4 Å². The van der Waals surface area contributed by atoms with Crippen LogP contribution in [0, 0.1) is 0 Å². The van der Waals surface area contributed by atoms with E-state index in [1.165, 1.54) is 0 Å². The monoisotopic (exact) mass is 322 g/mol. The van der Waals surface area contributed by atoms with E-state index in [1.54, 1.807) is 0 Å². The molecular weight excluding hydrogens is 300 g/mol. The number of alkyl halides is 1. The Morgan fingerprint density at radius 1 is 1.00 bits per heavy atom. The van der Waals surface area contributed by atoms with Gasteiger partial charge in [0.25, 0.3) is 0 Å². The lowest BCUT2D eigenvalue weighted by Gasteiger charge is -2.26. The summed E-state index contributed by atoms with van der Waals surface area (Å²) in [6.45, 7) is 8.41. The zero-order valence-electron chi connectivity index (χ0n) is 12.8. The largest absolute Gasteiger partial charge is 0.349 e. The number of fused-ring (bicyclic) bond motifs is 1. The van der Waals surface area contributed by atoms with Crippen LogP contribution >= 0.6 is 11.6 Å². The van der Waals surface area contributed by atoms with Gasteiger partial charge in [0.2, 0.25) is 0 Å². The molecule has 7 heteroatoms. The third kappa shape index (κ3) is 3.22. The number of rotatable bonds is 4. The zero-order valence-corrected chi connectivity index (χ0v) is 13.6. The maximum atomic E-state index is 5.98. The molecule has 21 heavy (non-hydrogen) atoms. The van der Waals surface area contributed by atoms with Crippen LogP contribution in [0.5, 0.6) is 0 Å². The van der Waals surface area contributed by atoms with Crippen molar-refractivity contribution in [1.82, 2.24) is 0 Å². The van der Waals surface area contributed by atoms with E-state index in [4.69, 9.17) is 40.0 Å². The quantitative estimate of drug-likeness (QED) is 0.733. The van der Waals surface area contributed by atoms with Crippen molar-refractivity contribution in [3.05, 3.63) is 0 Å².